The number of ether oxygens (including phenoxy) is 1. The first-order valence-corrected chi connectivity index (χ1v) is 9.44. The Bertz CT molecular complexity index is 953. The lowest BCUT2D eigenvalue weighted by atomic mass is 10.3. The van der Waals surface area contributed by atoms with Crippen LogP contribution in [-0.4, -0.2) is 37.4 Å². The van der Waals surface area contributed by atoms with Crippen molar-refractivity contribution >= 4 is 45.0 Å². The molecule has 0 saturated heterocycles. The highest BCUT2D eigenvalue weighted by molar-refractivity contribution is 9.10. The van der Waals surface area contributed by atoms with Gasteiger partial charge < -0.3 is 9.64 Å². The molecule has 1 amide bonds. The summed E-state index contributed by atoms with van der Waals surface area (Å²) in [5.74, 6) is 0.244. The van der Waals surface area contributed by atoms with E-state index in [1.165, 1.54) is 4.68 Å². The highest BCUT2D eigenvalue weighted by Crippen LogP contribution is 2.31. The number of amides is 1. The molecule has 0 N–H and O–H groups in total. The first kappa shape index (κ1) is 19.7. The largest absolute Gasteiger partial charge is 0.470 e. The first-order chi connectivity index (χ1) is 12.9. The van der Waals surface area contributed by atoms with Gasteiger partial charge in [-0.15, -0.1) is 0 Å². The molecule has 27 heavy (non-hydrogen) atoms. The molecule has 0 aliphatic rings. The van der Waals surface area contributed by atoms with Crippen LogP contribution in [0.4, 0.5) is 0 Å². The molecule has 0 aliphatic carbocycles. The molecule has 0 bridgehead atoms. The van der Waals surface area contributed by atoms with Gasteiger partial charge in [0.25, 0.3) is 5.91 Å². The fraction of sp³-hybridized carbons (Fsp3) is 0.235. The number of carbonyl (C=O) groups is 1. The molecule has 0 unspecified atom stereocenters. The summed E-state index contributed by atoms with van der Waals surface area (Å²) >= 11 is 15.5. The summed E-state index contributed by atoms with van der Waals surface area (Å²) in [5, 5.41) is 9.16. The smallest absolute Gasteiger partial charge is 0.274 e. The van der Waals surface area contributed by atoms with E-state index in [0.29, 0.717) is 28.0 Å². The maximum atomic E-state index is 12.6. The Morgan fingerprint density at radius 2 is 2.11 bits per heavy atom. The Balaban J connectivity index is 1.64. The molecule has 0 radical (unpaired) electrons. The van der Waals surface area contributed by atoms with Crippen molar-refractivity contribution in [3.63, 3.8) is 0 Å². The van der Waals surface area contributed by atoms with E-state index in [0.717, 1.165) is 10.2 Å². The van der Waals surface area contributed by atoms with Crippen molar-refractivity contribution in [2.75, 3.05) is 7.05 Å². The molecule has 0 fully saturated rings. The van der Waals surface area contributed by atoms with E-state index < -0.39 is 0 Å². The molecule has 0 aliphatic heterocycles. The fourth-order valence-corrected chi connectivity index (χ4v) is 3.20. The summed E-state index contributed by atoms with van der Waals surface area (Å²) in [6.45, 7) is 0.502. The highest BCUT2D eigenvalue weighted by atomic mass is 79.9. The van der Waals surface area contributed by atoms with Gasteiger partial charge in [-0.05, 0) is 34.1 Å². The molecule has 142 valence electrons. The van der Waals surface area contributed by atoms with Crippen LogP contribution in [0.15, 0.2) is 41.1 Å². The first-order valence-electron chi connectivity index (χ1n) is 7.89. The molecule has 3 aromatic rings. The molecule has 10 heteroatoms. The molecule has 1 aromatic carbocycles. The maximum absolute atomic E-state index is 12.6. The average Bonchev–Trinajstić information content (AvgIpc) is 3.24. The second-order valence-electron chi connectivity index (χ2n) is 5.79. The molecule has 0 saturated carbocycles. The number of rotatable bonds is 6. The minimum absolute atomic E-state index is 0.102. The third kappa shape index (κ3) is 4.45. The Morgan fingerprint density at radius 1 is 1.33 bits per heavy atom. The van der Waals surface area contributed by atoms with Gasteiger partial charge in [0, 0.05) is 20.3 Å². The van der Waals surface area contributed by atoms with E-state index in [1.54, 1.807) is 53.3 Å². The van der Waals surface area contributed by atoms with Crippen LogP contribution in [0, 0.1) is 0 Å². The van der Waals surface area contributed by atoms with Crippen LogP contribution in [0.5, 0.6) is 5.75 Å². The van der Waals surface area contributed by atoms with Crippen molar-refractivity contribution in [3.05, 3.63) is 62.6 Å². The van der Waals surface area contributed by atoms with Crippen molar-refractivity contribution < 1.29 is 9.53 Å². The zero-order valence-corrected chi connectivity index (χ0v) is 17.7. The Kier molecular flexibility index (Phi) is 6.08. The monoisotopic (exact) mass is 471 g/mol. The molecule has 0 atom stereocenters. The molecule has 0 spiro atoms. The standard InChI is InChI=1S/C17H16BrCl2N5O2/c1-23(9-14-11(18)8-21-24(14)2)17(26)13-6-7-25(22-13)10-27-15-5-3-4-12(19)16(15)20/h3-8H,9-10H2,1-2H3. The third-order valence-corrected chi connectivity index (χ3v) is 5.34. The number of aromatic nitrogens is 4. The van der Waals surface area contributed by atoms with Crippen LogP contribution < -0.4 is 4.74 Å². The summed E-state index contributed by atoms with van der Waals surface area (Å²) in [6.07, 6.45) is 3.36. The second-order valence-corrected chi connectivity index (χ2v) is 7.43. The van der Waals surface area contributed by atoms with Gasteiger partial charge in [0.2, 0.25) is 0 Å². The van der Waals surface area contributed by atoms with Gasteiger partial charge in [0.1, 0.15) is 10.8 Å². The van der Waals surface area contributed by atoms with E-state index in [9.17, 15) is 4.79 Å². The third-order valence-electron chi connectivity index (χ3n) is 3.87. The molecule has 7 nitrogen and oxygen atoms in total. The van der Waals surface area contributed by atoms with Gasteiger partial charge in [-0.25, -0.2) is 4.68 Å². The van der Waals surface area contributed by atoms with E-state index in [2.05, 4.69) is 26.1 Å². The number of hydrogen-bond acceptors (Lipinski definition) is 4. The normalized spacial score (nSPS) is 10.9. The molecular weight excluding hydrogens is 457 g/mol. The summed E-state index contributed by atoms with van der Waals surface area (Å²) in [6, 6.07) is 6.77. The predicted molar refractivity (Wildman–Crippen MR) is 106 cm³/mol. The van der Waals surface area contributed by atoms with Gasteiger partial charge in [-0.1, -0.05) is 29.3 Å². The second kappa shape index (κ2) is 8.33. The molecule has 2 aromatic heterocycles. The van der Waals surface area contributed by atoms with Crippen LogP contribution in [0.1, 0.15) is 16.2 Å². The predicted octanol–water partition coefficient (Wildman–Crippen LogP) is 3.99. The van der Waals surface area contributed by atoms with Crippen molar-refractivity contribution in [1.29, 1.82) is 0 Å². The van der Waals surface area contributed by atoms with Gasteiger partial charge in [-0.3, -0.25) is 9.48 Å². The average molecular weight is 473 g/mol. The van der Waals surface area contributed by atoms with Gasteiger partial charge >= 0.3 is 0 Å². The number of halogens is 3. The molecular formula is C17H16BrCl2N5O2. The minimum atomic E-state index is -0.206. The Labute approximate surface area is 174 Å². The van der Waals surface area contributed by atoms with Gasteiger partial charge in [0.15, 0.2) is 12.4 Å². The lowest BCUT2D eigenvalue weighted by molar-refractivity contribution is 0.0773. The lowest BCUT2D eigenvalue weighted by Gasteiger charge is -2.16. The van der Waals surface area contributed by atoms with E-state index in [4.69, 9.17) is 27.9 Å². The number of aryl methyl sites for hydroxylation is 1. The number of hydrogen-bond donors (Lipinski definition) is 0. The van der Waals surface area contributed by atoms with Crippen molar-refractivity contribution in [3.8, 4) is 5.75 Å². The molecule has 2 heterocycles. The minimum Gasteiger partial charge on any atom is -0.470 e. The number of benzene rings is 1. The van der Waals surface area contributed by atoms with Crippen molar-refractivity contribution in [1.82, 2.24) is 24.5 Å². The van der Waals surface area contributed by atoms with Gasteiger partial charge in [-0.2, -0.15) is 10.2 Å². The number of nitrogens with zero attached hydrogens (tertiary/aromatic N) is 5. The number of carbonyl (C=O) groups excluding carboxylic acids is 1. The van der Waals surface area contributed by atoms with Gasteiger partial charge in [0.05, 0.1) is 27.9 Å². The Morgan fingerprint density at radius 3 is 2.81 bits per heavy atom. The van der Waals surface area contributed by atoms with E-state index in [-0.39, 0.29) is 12.6 Å². The van der Waals surface area contributed by atoms with Crippen molar-refractivity contribution in [2.45, 2.75) is 13.3 Å². The summed E-state index contributed by atoms with van der Waals surface area (Å²) in [7, 11) is 3.54. The quantitative estimate of drug-likeness (QED) is 0.544. The van der Waals surface area contributed by atoms with Crippen LogP contribution in [0.3, 0.4) is 0 Å². The zero-order chi connectivity index (χ0) is 19.6. The summed E-state index contributed by atoms with van der Waals surface area (Å²) in [4.78, 5) is 14.2. The summed E-state index contributed by atoms with van der Waals surface area (Å²) < 4.78 is 9.69. The topological polar surface area (TPSA) is 65.2 Å². The van der Waals surface area contributed by atoms with E-state index >= 15 is 0 Å². The zero-order valence-electron chi connectivity index (χ0n) is 14.6. The van der Waals surface area contributed by atoms with Crippen LogP contribution in [0.25, 0.3) is 0 Å². The van der Waals surface area contributed by atoms with Crippen LogP contribution in [-0.2, 0) is 20.3 Å². The van der Waals surface area contributed by atoms with Crippen molar-refractivity contribution in [2.24, 2.45) is 7.05 Å². The lowest BCUT2D eigenvalue weighted by Crippen LogP contribution is -2.28. The van der Waals surface area contributed by atoms with Crippen LogP contribution in [0.2, 0.25) is 10.0 Å². The highest BCUT2D eigenvalue weighted by Gasteiger charge is 2.18. The maximum Gasteiger partial charge on any atom is 0.274 e. The SMILES string of the molecule is CN(Cc1c(Br)cnn1C)C(=O)c1ccn(COc2cccc(Cl)c2Cl)n1. The Hall–Kier alpha value is -2.03. The van der Waals surface area contributed by atoms with E-state index in [1.807, 2.05) is 7.05 Å². The summed E-state index contributed by atoms with van der Waals surface area (Å²) in [5.41, 5.74) is 1.21. The fourth-order valence-electron chi connectivity index (χ4n) is 2.38. The molecule has 3 rings (SSSR count). The van der Waals surface area contributed by atoms with Crippen LogP contribution >= 0.6 is 39.1 Å².